The molecule has 0 bridgehead atoms. The summed E-state index contributed by atoms with van der Waals surface area (Å²) in [6, 6.07) is 17.6. The van der Waals surface area contributed by atoms with Gasteiger partial charge in [0, 0.05) is 18.0 Å². The monoisotopic (exact) mass is 417 g/mol. The van der Waals surface area contributed by atoms with E-state index in [1.165, 1.54) is 0 Å². The lowest BCUT2D eigenvalue weighted by Gasteiger charge is -2.07. The molecule has 0 spiro atoms. The van der Waals surface area contributed by atoms with Crippen LogP contribution in [0.25, 0.3) is 0 Å². The Bertz CT molecular complexity index is 1040. The number of amides is 1. The summed E-state index contributed by atoms with van der Waals surface area (Å²) in [5.74, 6) is 6.98. The maximum Gasteiger partial charge on any atom is 0.407 e. The third-order valence-electron chi connectivity index (χ3n) is 4.19. The largest absolute Gasteiger partial charge is 0.497 e. The molecule has 1 aliphatic heterocycles. The van der Waals surface area contributed by atoms with Gasteiger partial charge < -0.3 is 19.5 Å². The van der Waals surface area contributed by atoms with E-state index in [0.717, 1.165) is 16.9 Å². The van der Waals surface area contributed by atoms with Crippen LogP contribution >= 0.6 is 0 Å². The highest BCUT2D eigenvalue weighted by molar-refractivity contribution is 5.70. The van der Waals surface area contributed by atoms with Crippen LogP contribution in [0.4, 0.5) is 4.79 Å². The number of rotatable bonds is 4. The van der Waals surface area contributed by atoms with Gasteiger partial charge in [0.25, 0.3) is 0 Å². The Kier molecular flexibility index (Phi) is 7.83. The molecule has 7 nitrogen and oxygen atoms in total. The molecule has 2 aromatic carbocycles. The van der Waals surface area contributed by atoms with Crippen molar-refractivity contribution in [3.05, 3.63) is 83.7 Å². The number of nitrogens with one attached hydrogen (secondary N) is 1. The number of ether oxygens (including phenoxy) is 3. The molecular weight excluding hydrogens is 394 g/mol. The lowest BCUT2D eigenvalue weighted by molar-refractivity contribution is 0.177. The van der Waals surface area contributed by atoms with E-state index in [0.29, 0.717) is 24.8 Å². The van der Waals surface area contributed by atoms with Crippen molar-refractivity contribution in [2.75, 3.05) is 20.3 Å². The molecule has 4 rings (SSSR count). The summed E-state index contributed by atoms with van der Waals surface area (Å²) in [7, 11) is 1.66. The Morgan fingerprint density at radius 2 is 1.81 bits per heavy atom. The van der Waals surface area contributed by atoms with Gasteiger partial charge in [0.05, 0.1) is 25.3 Å². The van der Waals surface area contributed by atoms with Gasteiger partial charge in [0.1, 0.15) is 12.4 Å². The lowest BCUT2D eigenvalue weighted by Crippen LogP contribution is -2.18. The zero-order valence-corrected chi connectivity index (χ0v) is 17.4. The molecule has 0 saturated carbocycles. The summed E-state index contributed by atoms with van der Waals surface area (Å²) >= 11 is 0. The topological polar surface area (TPSA) is 82.6 Å². The van der Waals surface area contributed by atoms with Crippen molar-refractivity contribution in [3.8, 4) is 23.6 Å². The standard InChI is InChI=1S/C17H15N3O3.C7H8O/c1-2-22-16-18-9-13(10-19-16)7-6-12-4-3-5-14(8-12)15-11-23-17(21)20-15;1-8-7-5-3-2-4-6-7/h3-5,8-10,15H,2,11H2,1H3,(H,20,21);2-6H,1H3/t15-;/m0./s1. The highest BCUT2D eigenvalue weighted by Gasteiger charge is 2.23. The normalized spacial score (nSPS) is 14.1. The second kappa shape index (κ2) is 11.2. The lowest BCUT2D eigenvalue weighted by atomic mass is 10.1. The molecule has 1 fully saturated rings. The molecule has 1 aromatic heterocycles. The van der Waals surface area contributed by atoms with Crippen LogP contribution in [-0.4, -0.2) is 36.4 Å². The van der Waals surface area contributed by atoms with Crippen molar-refractivity contribution >= 4 is 6.09 Å². The molecule has 2 heterocycles. The van der Waals surface area contributed by atoms with Crippen molar-refractivity contribution in [1.29, 1.82) is 0 Å². The maximum atomic E-state index is 11.1. The van der Waals surface area contributed by atoms with Gasteiger partial charge in [-0.1, -0.05) is 42.2 Å². The number of benzene rings is 2. The molecule has 7 heteroatoms. The van der Waals surface area contributed by atoms with Crippen LogP contribution in [0, 0.1) is 11.8 Å². The van der Waals surface area contributed by atoms with Crippen molar-refractivity contribution in [2.45, 2.75) is 13.0 Å². The number of aromatic nitrogens is 2. The minimum atomic E-state index is -0.391. The van der Waals surface area contributed by atoms with E-state index in [2.05, 4.69) is 27.1 Å². The SMILES string of the molecule is CCOc1ncc(C#Cc2cccc([C@@H]3COC(=O)N3)c2)cn1.COc1ccccc1. The van der Waals surface area contributed by atoms with E-state index in [-0.39, 0.29) is 6.04 Å². The van der Waals surface area contributed by atoms with Gasteiger partial charge in [0.15, 0.2) is 0 Å². The summed E-state index contributed by atoms with van der Waals surface area (Å²) in [4.78, 5) is 19.3. The first-order chi connectivity index (χ1) is 15.2. The molecule has 0 unspecified atom stereocenters. The number of carbonyl (C=O) groups excluding carboxylic acids is 1. The molecule has 1 atom stereocenters. The number of para-hydroxylation sites is 1. The number of methoxy groups -OCH3 is 1. The van der Waals surface area contributed by atoms with Crippen LogP contribution in [0.3, 0.4) is 0 Å². The molecule has 1 N–H and O–H groups in total. The maximum absolute atomic E-state index is 11.1. The highest BCUT2D eigenvalue weighted by atomic mass is 16.6. The van der Waals surface area contributed by atoms with E-state index in [1.54, 1.807) is 19.5 Å². The number of carbonyl (C=O) groups is 1. The Morgan fingerprint density at radius 1 is 1.06 bits per heavy atom. The van der Waals surface area contributed by atoms with E-state index >= 15 is 0 Å². The minimum absolute atomic E-state index is 0.127. The number of alkyl carbamates (subject to hydrolysis) is 1. The van der Waals surface area contributed by atoms with Gasteiger partial charge in [-0.3, -0.25) is 0 Å². The molecule has 1 aliphatic rings. The van der Waals surface area contributed by atoms with E-state index in [4.69, 9.17) is 14.2 Å². The van der Waals surface area contributed by atoms with Gasteiger partial charge in [0.2, 0.25) is 0 Å². The van der Waals surface area contributed by atoms with Crippen LogP contribution in [-0.2, 0) is 4.74 Å². The number of hydrogen-bond donors (Lipinski definition) is 1. The third kappa shape index (κ3) is 6.75. The molecular formula is C24H23N3O4. The predicted molar refractivity (Wildman–Crippen MR) is 116 cm³/mol. The third-order valence-corrected chi connectivity index (χ3v) is 4.19. The predicted octanol–water partition coefficient (Wildman–Crippen LogP) is 3.75. The number of nitrogens with zero attached hydrogens (tertiary/aromatic N) is 2. The van der Waals surface area contributed by atoms with E-state index < -0.39 is 6.09 Å². The van der Waals surface area contributed by atoms with Gasteiger partial charge in [-0.15, -0.1) is 0 Å². The number of cyclic esters (lactones) is 1. The molecule has 1 saturated heterocycles. The minimum Gasteiger partial charge on any atom is -0.497 e. The summed E-state index contributed by atoms with van der Waals surface area (Å²) in [6.45, 7) is 2.74. The van der Waals surface area contributed by atoms with Crippen LogP contribution < -0.4 is 14.8 Å². The first kappa shape index (κ1) is 21.7. The molecule has 31 heavy (non-hydrogen) atoms. The van der Waals surface area contributed by atoms with Crippen molar-refractivity contribution in [3.63, 3.8) is 0 Å². The molecule has 0 aliphatic carbocycles. The summed E-state index contributed by atoms with van der Waals surface area (Å²) in [6.07, 6.45) is 2.86. The average Bonchev–Trinajstić information content (AvgIpc) is 3.26. The summed E-state index contributed by atoms with van der Waals surface area (Å²) in [5.41, 5.74) is 2.51. The Labute approximate surface area is 181 Å². The first-order valence-corrected chi connectivity index (χ1v) is 9.77. The fraction of sp³-hybridized carbons (Fsp3) is 0.208. The zero-order valence-electron chi connectivity index (χ0n) is 17.4. The second-order valence-corrected chi connectivity index (χ2v) is 6.38. The molecule has 0 radical (unpaired) electrons. The van der Waals surface area contributed by atoms with Crippen LogP contribution in [0.15, 0.2) is 67.0 Å². The van der Waals surface area contributed by atoms with Crippen LogP contribution in [0.2, 0.25) is 0 Å². The smallest absolute Gasteiger partial charge is 0.407 e. The van der Waals surface area contributed by atoms with Crippen LogP contribution in [0.5, 0.6) is 11.8 Å². The van der Waals surface area contributed by atoms with Gasteiger partial charge >= 0.3 is 12.1 Å². The van der Waals surface area contributed by atoms with Crippen molar-refractivity contribution < 1.29 is 19.0 Å². The second-order valence-electron chi connectivity index (χ2n) is 6.38. The van der Waals surface area contributed by atoms with Gasteiger partial charge in [-0.2, -0.15) is 0 Å². The Morgan fingerprint density at radius 3 is 2.42 bits per heavy atom. The quantitative estimate of drug-likeness (QED) is 0.651. The van der Waals surface area contributed by atoms with Gasteiger partial charge in [-0.05, 0) is 36.8 Å². The average molecular weight is 417 g/mol. The van der Waals surface area contributed by atoms with Gasteiger partial charge in [-0.25, -0.2) is 14.8 Å². The first-order valence-electron chi connectivity index (χ1n) is 9.77. The molecule has 3 aromatic rings. The Hall–Kier alpha value is -4.05. The van der Waals surface area contributed by atoms with Crippen molar-refractivity contribution in [2.24, 2.45) is 0 Å². The summed E-state index contributed by atoms with van der Waals surface area (Å²) in [5, 5.41) is 2.75. The van der Waals surface area contributed by atoms with Crippen LogP contribution in [0.1, 0.15) is 29.7 Å². The van der Waals surface area contributed by atoms with Crippen molar-refractivity contribution in [1.82, 2.24) is 15.3 Å². The van der Waals surface area contributed by atoms with E-state index in [9.17, 15) is 4.79 Å². The molecule has 158 valence electrons. The highest BCUT2D eigenvalue weighted by Crippen LogP contribution is 2.18. The Balaban J connectivity index is 0.000000287. The van der Waals surface area contributed by atoms with E-state index in [1.807, 2.05) is 61.5 Å². The molecule has 1 amide bonds. The fourth-order valence-corrected chi connectivity index (χ4v) is 2.68. The zero-order chi connectivity index (χ0) is 21.9. The number of hydrogen-bond acceptors (Lipinski definition) is 6. The fourth-order valence-electron chi connectivity index (χ4n) is 2.68. The summed E-state index contributed by atoms with van der Waals surface area (Å²) < 4.78 is 15.0.